The lowest BCUT2D eigenvalue weighted by Crippen LogP contribution is -2.23. The molecule has 1 aliphatic heterocycles. The molecule has 7 nitrogen and oxygen atoms in total. The predicted octanol–water partition coefficient (Wildman–Crippen LogP) is 2.92. The molecule has 8 heteroatoms. The van der Waals surface area contributed by atoms with E-state index in [0.29, 0.717) is 25.4 Å². The topological polar surface area (TPSA) is 72.6 Å². The molecule has 1 unspecified atom stereocenters. The second-order valence-corrected chi connectivity index (χ2v) is 7.49. The third-order valence-electron chi connectivity index (χ3n) is 4.62. The minimum atomic E-state index is 0.205. The number of hydrogen-bond acceptors (Lipinski definition) is 7. The second-order valence-electron chi connectivity index (χ2n) is 6.72. The van der Waals surface area contributed by atoms with Gasteiger partial charge in [0.2, 0.25) is 0 Å². The number of rotatable bonds is 9. The quantitative estimate of drug-likeness (QED) is 0.658. The van der Waals surface area contributed by atoms with Crippen molar-refractivity contribution >= 4 is 11.8 Å². The van der Waals surface area contributed by atoms with Gasteiger partial charge in [-0.3, -0.25) is 4.90 Å². The van der Waals surface area contributed by atoms with E-state index in [1.807, 2.05) is 32.4 Å². The Bertz CT molecular complexity index is 747. The maximum atomic E-state index is 10.4. The summed E-state index contributed by atoms with van der Waals surface area (Å²) in [4.78, 5) is 2.12. The van der Waals surface area contributed by atoms with E-state index in [1.54, 1.807) is 17.8 Å². The summed E-state index contributed by atoms with van der Waals surface area (Å²) in [5, 5.41) is 20.0. The summed E-state index contributed by atoms with van der Waals surface area (Å²) in [6, 6.07) is 5.60. The molecular weight excluding hydrogens is 364 g/mol. The number of para-hydroxylation sites is 1. The molecule has 1 aromatic carbocycles. The van der Waals surface area contributed by atoms with Crippen molar-refractivity contribution < 1.29 is 14.6 Å². The molecule has 1 fully saturated rings. The van der Waals surface area contributed by atoms with Crippen LogP contribution in [-0.4, -0.2) is 57.4 Å². The highest BCUT2D eigenvalue weighted by Crippen LogP contribution is 2.30. The van der Waals surface area contributed by atoms with Gasteiger partial charge < -0.3 is 19.1 Å². The van der Waals surface area contributed by atoms with Crippen molar-refractivity contribution in [2.75, 3.05) is 26.5 Å². The molecule has 148 valence electrons. The number of phenolic OH excluding ortho intramolecular Hbond substituents is 1. The number of nitrogens with zero attached hydrogens (tertiary/aromatic N) is 4. The Kier molecular flexibility index (Phi) is 6.98. The number of hydrogen-bond donors (Lipinski definition) is 1. The Hall–Kier alpha value is -1.77. The molecule has 0 bridgehead atoms. The van der Waals surface area contributed by atoms with Crippen LogP contribution in [0.3, 0.4) is 0 Å². The van der Waals surface area contributed by atoms with E-state index < -0.39 is 0 Å². The monoisotopic (exact) mass is 392 g/mol. The molecule has 1 atom stereocenters. The summed E-state index contributed by atoms with van der Waals surface area (Å²) >= 11 is 1.60. The van der Waals surface area contributed by atoms with Crippen LogP contribution < -0.4 is 4.74 Å². The maximum absolute atomic E-state index is 10.4. The van der Waals surface area contributed by atoms with Gasteiger partial charge in [0.1, 0.15) is 5.82 Å². The molecule has 0 saturated carbocycles. The average Bonchev–Trinajstić information content (AvgIpc) is 3.29. The second kappa shape index (κ2) is 9.43. The van der Waals surface area contributed by atoms with Gasteiger partial charge in [0.25, 0.3) is 0 Å². The van der Waals surface area contributed by atoms with E-state index in [4.69, 9.17) is 9.47 Å². The van der Waals surface area contributed by atoms with Crippen molar-refractivity contribution in [1.82, 2.24) is 19.7 Å². The van der Waals surface area contributed by atoms with Gasteiger partial charge in [-0.1, -0.05) is 23.9 Å². The lowest BCUT2D eigenvalue weighted by atomic mass is 10.1. The maximum Gasteiger partial charge on any atom is 0.191 e. The third kappa shape index (κ3) is 4.94. The van der Waals surface area contributed by atoms with E-state index in [1.165, 1.54) is 0 Å². The molecule has 3 rings (SSSR count). The van der Waals surface area contributed by atoms with Gasteiger partial charge in [0.05, 0.1) is 25.8 Å². The lowest BCUT2D eigenvalue weighted by Gasteiger charge is -2.20. The van der Waals surface area contributed by atoms with Gasteiger partial charge in [0.15, 0.2) is 16.7 Å². The first-order chi connectivity index (χ1) is 13.1. The molecule has 1 N–H and O–H groups in total. The fraction of sp³-hybridized carbons (Fsp3) is 0.579. The van der Waals surface area contributed by atoms with Gasteiger partial charge in [-0.05, 0) is 39.1 Å². The first-order valence-corrected chi connectivity index (χ1v) is 10.5. The molecule has 1 saturated heterocycles. The SMILES string of the molecule is CCOc1cccc(CN(C)Cc2nnc(SC)n2CC2CCCO2)c1O. The molecule has 0 spiro atoms. The van der Waals surface area contributed by atoms with Gasteiger partial charge in [0, 0.05) is 18.7 Å². The summed E-state index contributed by atoms with van der Waals surface area (Å²) in [5.41, 5.74) is 0.832. The number of aromatic hydroxyl groups is 1. The van der Waals surface area contributed by atoms with Crippen LogP contribution in [-0.2, 0) is 24.4 Å². The number of thioether (sulfide) groups is 1. The standard InChI is InChI=1S/C19H28N4O3S/c1-4-25-16-9-5-7-14(18(16)24)11-22(2)13-17-20-21-19(27-3)23(17)12-15-8-6-10-26-15/h5,7,9,15,24H,4,6,8,10-13H2,1-3H3. The molecule has 27 heavy (non-hydrogen) atoms. The molecule has 0 radical (unpaired) electrons. The predicted molar refractivity (Wildman–Crippen MR) is 105 cm³/mol. The minimum Gasteiger partial charge on any atom is -0.504 e. The summed E-state index contributed by atoms with van der Waals surface area (Å²) in [7, 11) is 2.01. The first kappa shape index (κ1) is 20.0. The van der Waals surface area contributed by atoms with E-state index in [2.05, 4.69) is 19.7 Å². The van der Waals surface area contributed by atoms with E-state index in [9.17, 15) is 5.11 Å². The van der Waals surface area contributed by atoms with Crippen LogP contribution >= 0.6 is 11.8 Å². The Morgan fingerprint density at radius 1 is 1.37 bits per heavy atom. The zero-order valence-corrected chi connectivity index (χ0v) is 17.0. The summed E-state index contributed by atoms with van der Waals surface area (Å²) in [5.74, 6) is 1.64. The zero-order valence-electron chi connectivity index (χ0n) is 16.2. The van der Waals surface area contributed by atoms with Crippen molar-refractivity contribution in [2.45, 2.75) is 50.7 Å². The Morgan fingerprint density at radius 2 is 2.22 bits per heavy atom. The van der Waals surface area contributed by atoms with Gasteiger partial charge in [-0.15, -0.1) is 10.2 Å². The average molecular weight is 393 g/mol. The van der Waals surface area contributed by atoms with E-state index >= 15 is 0 Å². The lowest BCUT2D eigenvalue weighted by molar-refractivity contribution is 0.0934. The van der Waals surface area contributed by atoms with Gasteiger partial charge >= 0.3 is 0 Å². The fourth-order valence-corrected chi connectivity index (χ4v) is 3.84. The van der Waals surface area contributed by atoms with Crippen molar-refractivity contribution in [3.05, 3.63) is 29.6 Å². The van der Waals surface area contributed by atoms with Gasteiger partial charge in [-0.2, -0.15) is 0 Å². The molecule has 1 aliphatic rings. The highest BCUT2D eigenvalue weighted by Gasteiger charge is 2.21. The Balaban J connectivity index is 1.70. The van der Waals surface area contributed by atoms with Crippen molar-refractivity contribution in [2.24, 2.45) is 0 Å². The van der Waals surface area contributed by atoms with E-state index in [-0.39, 0.29) is 11.9 Å². The largest absolute Gasteiger partial charge is 0.504 e. The summed E-state index contributed by atoms with van der Waals surface area (Å²) in [6.45, 7) is 5.29. The third-order valence-corrected chi connectivity index (χ3v) is 5.29. The first-order valence-electron chi connectivity index (χ1n) is 9.32. The van der Waals surface area contributed by atoms with Crippen LogP contribution in [0.5, 0.6) is 11.5 Å². The smallest absolute Gasteiger partial charge is 0.191 e. The molecule has 0 aliphatic carbocycles. The molecular formula is C19H28N4O3S. The van der Waals surface area contributed by atoms with Crippen LogP contribution in [0.4, 0.5) is 0 Å². The Labute approximate surface area is 164 Å². The fourth-order valence-electron chi connectivity index (χ4n) is 3.32. The number of aromatic nitrogens is 3. The Morgan fingerprint density at radius 3 is 2.93 bits per heavy atom. The highest BCUT2D eigenvalue weighted by molar-refractivity contribution is 7.98. The molecule has 2 aromatic rings. The molecule has 0 amide bonds. The number of benzene rings is 1. The molecule has 2 heterocycles. The van der Waals surface area contributed by atoms with Crippen LogP contribution in [0.2, 0.25) is 0 Å². The van der Waals surface area contributed by atoms with Crippen molar-refractivity contribution in [3.63, 3.8) is 0 Å². The van der Waals surface area contributed by atoms with Crippen LogP contribution in [0, 0.1) is 0 Å². The van der Waals surface area contributed by atoms with Crippen LogP contribution in [0.25, 0.3) is 0 Å². The molecule has 1 aromatic heterocycles. The normalized spacial score (nSPS) is 17.0. The number of ether oxygens (including phenoxy) is 2. The van der Waals surface area contributed by atoms with E-state index in [0.717, 1.165) is 42.5 Å². The summed E-state index contributed by atoms with van der Waals surface area (Å²) < 4.78 is 13.4. The van der Waals surface area contributed by atoms with Gasteiger partial charge in [-0.25, -0.2) is 0 Å². The zero-order chi connectivity index (χ0) is 19.2. The van der Waals surface area contributed by atoms with Crippen LogP contribution in [0.1, 0.15) is 31.2 Å². The van der Waals surface area contributed by atoms with Crippen LogP contribution in [0.15, 0.2) is 23.4 Å². The minimum absolute atomic E-state index is 0.205. The van der Waals surface area contributed by atoms with Crippen molar-refractivity contribution in [3.8, 4) is 11.5 Å². The number of phenols is 1. The summed E-state index contributed by atoms with van der Waals surface area (Å²) in [6.07, 6.45) is 4.45. The highest BCUT2D eigenvalue weighted by atomic mass is 32.2. The van der Waals surface area contributed by atoms with Crippen molar-refractivity contribution in [1.29, 1.82) is 0 Å².